The third kappa shape index (κ3) is 2.96. The van der Waals surface area contributed by atoms with Gasteiger partial charge in [-0.2, -0.15) is 0 Å². The minimum Gasteiger partial charge on any atom is -0.481 e. The summed E-state index contributed by atoms with van der Waals surface area (Å²) in [7, 11) is 1.55. The first-order chi connectivity index (χ1) is 9.67. The van der Waals surface area contributed by atoms with Crippen LogP contribution in [-0.2, 0) is 16.1 Å². The third-order valence-corrected chi connectivity index (χ3v) is 3.27. The lowest BCUT2D eigenvalue weighted by molar-refractivity contribution is -0.138. The summed E-state index contributed by atoms with van der Waals surface area (Å²) in [4.78, 5) is 29.3. The highest BCUT2D eigenvalue weighted by molar-refractivity contribution is 6.05. The van der Waals surface area contributed by atoms with Crippen molar-refractivity contribution in [1.29, 1.82) is 0 Å². The van der Waals surface area contributed by atoms with Gasteiger partial charge in [-0.1, -0.05) is 13.0 Å². The molecule has 1 aromatic rings. The Morgan fingerprint density at radius 1 is 1.50 bits per heavy atom. The summed E-state index contributed by atoms with van der Waals surface area (Å²) in [6, 6.07) is 3.24. The van der Waals surface area contributed by atoms with E-state index in [0.29, 0.717) is 19.0 Å². The Morgan fingerprint density at radius 2 is 2.30 bits per heavy atom. The van der Waals surface area contributed by atoms with Gasteiger partial charge in [0.05, 0.1) is 19.6 Å². The number of ether oxygens (including phenoxy) is 1. The molecule has 2 amide bonds. The van der Waals surface area contributed by atoms with Gasteiger partial charge in [-0.15, -0.1) is 0 Å². The van der Waals surface area contributed by atoms with Crippen molar-refractivity contribution in [3.63, 3.8) is 0 Å². The molecule has 0 bridgehead atoms. The Hall–Kier alpha value is -1.95. The molecule has 6 nitrogen and oxygen atoms in total. The van der Waals surface area contributed by atoms with Crippen LogP contribution in [0.1, 0.15) is 25.3 Å². The molecule has 1 aliphatic heterocycles. The van der Waals surface area contributed by atoms with Crippen LogP contribution in [0.15, 0.2) is 18.3 Å². The van der Waals surface area contributed by atoms with E-state index in [1.807, 2.05) is 19.1 Å². The van der Waals surface area contributed by atoms with Crippen molar-refractivity contribution in [2.24, 2.45) is 0 Å². The number of aromatic nitrogens is 1. The zero-order chi connectivity index (χ0) is 14.5. The van der Waals surface area contributed by atoms with Gasteiger partial charge >= 0.3 is 0 Å². The lowest BCUT2D eigenvalue weighted by Crippen LogP contribution is -2.38. The standard InChI is InChI=1S/C14H19N3O3/c1-3-7-17-12(18)8-11(14(17)19)16-9-10-5-4-6-15-13(10)20-2/h4-6,11,16H,3,7-9H2,1-2H3. The molecule has 0 radical (unpaired) electrons. The molecule has 0 aromatic carbocycles. The summed E-state index contributed by atoms with van der Waals surface area (Å²) in [5.41, 5.74) is 0.865. The summed E-state index contributed by atoms with van der Waals surface area (Å²) in [5, 5.41) is 3.11. The summed E-state index contributed by atoms with van der Waals surface area (Å²) in [6.45, 7) is 2.88. The molecule has 1 saturated heterocycles. The molecule has 1 atom stereocenters. The highest BCUT2D eigenvalue weighted by Crippen LogP contribution is 2.17. The zero-order valence-electron chi connectivity index (χ0n) is 11.8. The van der Waals surface area contributed by atoms with Gasteiger partial charge in [0, 0.05) is 24.8 Å². The second-order valence-electron chi connectivity index (χ2n) is 4.69. The lowest BCUT2D eigenvalue weighted by atomic mass is 10.2. The van der Waals surface area contributed by atoms with Crippen LogP contribution in [0, 0.1) is 0 Å². The second kappa shape index (κ2) is 6.47. The maximum Gasteiger partial charge on any atom is 0.246 e. The van der Waals surface area contributed by atoms with Crippen molar-refractivity contribution in [3.8, 4) is 5.88 Å². The molecule has 108 valence electrons. The van der Waals surface area contributed by atoms with E-state index in [0.717, 1.165) is 12.0 Å². The Labute approximate surface area is 118 Å². The first-order valence-electron chi connectivity index (χ1n) is 6.72. The minimum absolute atomic E-state index is 0.104. The number of pyridine rings is 1. The Bertz CT molecular complexity index is 504. The van der Waals surface area contributed by atoms with Crippen LogP contribution in [0.25, 0.3) is 0 Å². The summed E-state index contributed by atoms with van der Waals surface area (Å²) in [5.74, 6) is 0.286. The molecule has 1 aromatic heterocycles. The Morgan fingerprint density at radius 3 is 3.00 bits per heavy atom. The van der Waals surface area contributed by atoms with Crippen molar-refractivity contribution in [3.05, 3.63) is 23.9 Å². The largest absolute Gasteiger partial charge is 0.481 e. The highest BCUT2D eigenvalue weighted by Gasteiger charge is 2.37. The first-order valence-corrected chi connectivity index (χ1v) is 6.72. The van der Waals surface area contributed by atoms with E-state index < -0.39 is 6.04 Å². The van der Waals surface area contributed by atoms with Gasteiger partial charge < -0.3 is 10.1 Å². The van der Waals surface area contributed by atoms with Crippen molar-refractivity contribution in [2.45, 2.75) is 32.4 Å². The fourth-order valence-electron chi connectivity index (χ4n) is 2.28. The molecular weight excluding hydrogens is 258 g/mol. The van der Waals surface area contributed by atoms with E-state index >= 15 is 0 Å². The van der Waals surface area contributed by atoms with Crippen molar-refractivity contribution < 1.29 is 14.3 Å². The van der Waals surface area contributed by atoms with E-state index in [4.69, 9.17) is 4.74 Å². The number of carbonyl (C=O) groups is 2. The SMILES string of the molecule is CCCN1C(=O)CC(NCc2cccnc2OC)C1=O. The van der Waals surface area contributed by atoms with Crippen LogP contribution in [0.3, 0.4) is 0 Å². The van der Waals surface area contributed by atoms with Crippen LogP contribution in [0.5, 0.6) is 5.88 Å². The quantitative estimate of drug-likeness (QED) is 0.776. The van der Waals surface area contributed by atoms with E-state index in [2.05, 4.69) is 10.3 Å². The summed E-state index contributed by atoms with van der Waals surface area (Å²) >= 11 is 0. The zero-order valence-corrected chi connectivity index (χ0v) is 11.8. The number of hydrogen-bond acceptors (Lipinski definition) is 5. The normalized spacial score (nSPS) is 18.7. The monoisotopic (exact) mass is 277 g/mol. The average Bonchev–Trinajstić information content (AvgIpc) is 2.73. The molecule has 1 N–H and O–H groups in total. The molecule has 2 rings (SSSR count). The van der Waals surface area contributed by atoms with Gasteiger partial charge in [-0.05, 0) is 12.5 Å². The molecule has 0 aliphatic carbocycles. The predicted molar refractivity (Wildman–Crippen MR) is 73.0 cm³/mol. The number of rotatable bonds is 6. The minimum atomic E-state index is -0.445. The fourth-order valence-corrected chi connectivity index (χ4v) is 2.28. The van der Waals surface area contributed by atoms with E-state index in [9.17, 15) is 9.59 Å². The lowest BCUT2D eigenvalue weighted by Gasteiger charge is -2.14. The Kier molecular flexibility index (Phi) is 4.68. The Balaban J connectivity index is 1.98. The second-order valence-corrected chi connectivity index (χ2v) is 4.69. The molecule has 1 unspecified atom stereocenters. The first kappa shape index (κ1) is 14.5. The topological polar surface area (TPSA) is 71.5 Å². The van der Waals surface area contributed by atoms with Crippen molar-refractivity contribution >= 4 is 11.8 Å². The maximum absolute atomic E-state index is 12.1. The number of nitrogens with one attached hydrogen (secondary N) is 1. The number of methoxy groups -OCH3 is 1. The van der Waals surface area contributed by atoms with E-state index in [1.165, 1.54) is 4.90 Å². The van der Waals surface area contributed by atoms with Gasteiger partial charge in [0.1, 0.15) is 0 Å². The van der Waals surface area contributed by atoms with E-state index in [-0.39, 0.29) is 18.2 Å². The molecule has 2 heterocycles. The van der Waals surface area contributed by atoms with Gasteiger partial charge in [-0.3, -0.25) is 14.5 Å². The number of hydrogen-bond donors (Lipinski definition) is 1. The van der Waals surface area contributed by atoms with Gasteiger partial charge in [0.15, 0.2) is 0 Å². The molecule has 0 saturated carbocycles. The van der Waals surface area contributed by atoms with Crippen LogP contribution in [0.4, 0.5) is 0 Å². The fraction of sp³-hybridized carbons (Fsp3) is 0.500. The number of carbonyl (C=O) groups excluding carboxylic acids is 2. The number of nitrogens with zero attached hydrogens (tertiary/aromatic N) is 2. The summed E-state index contributed by atoms with van der Waals surface area (Å²) < 4.78 is 5.15. The molecule has 1 aliphatic rings. The molecular formula is C14H19N3O3. The molecule has 20 heavy (non-hydrogen) atoms. The van der Waals surface area contributed by atoms with Crippen LogP contribution < -0.4 is 10.1 Å². The van der Waals surface area contributed by atoms with Crippen molar-refractivity contribution in [1.82, 2.24) is 15.2 Å². The summed E-state index contributed by atoms with van der Waals surface area (Å²) in [6.07, 6.45) is 2.65. The number of imide groups is 1. The molecule has 6 heteroatoms. The van der Waals surface area contributed by atoms with Crippen LogP contribution >= 0.6 is 0 Å². The predicted octanol–water partition coefficient (Wildman–Crippen LogP) is 0.717. The molecule has 1 fully saturated rings. The smallest absolute Gasteiger partial charge is 0.246 e. The average molecular weight is 277 g/mol. The van der Waals surface area contributed by atoms with Crippen LogP contribution in [0.2, 0.25) is 0 Å². The highest BCUT2D eigenvalue weighted by atomic mass is 16.5. The molecule has 0 spiro atoms. The maximum atomic E-state index is 12.1. The van der Waals surface area contributed by atoms with Gasteiger partial charge in [-0.25, -0.2) is 4.98 Å². The van der Waals surface area contributed by atoms with Gasteiger partial charge in [0.2, 0.25) is 17.7 Å². The van der Waals surface area contributed by atoms with Crippen molar-refractivity contribution in [2.75, 3.05) is 13.7 Å². The third-order valence-electron chi connectivity index (χ3n) is 3.27. The van der Waals surface area contributed by atoms with E-state index in [1.54, 1.807) is 13.3 Å². The number of amides is 2. The van der Waals surface area contributed by atoms with Gasteiger partial charge in [0.25, 0.3) is 0 Å². The number of likely N-dealkylation sites (tertiary alicyclic amines) is 1. The van der Waals surface area contributed by atoms with Crippen LogP contribution in [-0.4, -0.2) is 41.4 Å².